The van der Waals surface area contributed by atoms with Crippen molar-refractivity contribution in [3.05, 3.63) is 0 Å². The van der Waals surface area contributed by atoms with E-state index in [1.54, 1.807) is 21.1 Å². The van der Waals surface area contributed by atoms with Crippen molar-refractivity contribution in [2.45, 2.75) is 280 Å². The van der Waals surface area contributed by atoms with E-state index in [0.717, 1.165) is 34.6 Å². The number of hydrogen-bond acceptors (Lipinski definition) is 43. The molecule has 0 spiro atoms. The van der Waals surface area contributed by atoms with Gasteiger partial charge in [-0.05, 0) is 0 Å². The first-order valence-corrected chi connectivity index (χ1v) is 37.8. The fourth-order valence-corrected chi connectivity index (χ4v) is 14.7. The molecular formula is C63H110N6O44P+. The molecule has 26 N–H and O–H groups in total. The molecular weight excluding hydrogens is 1580 g/mol. The molecule has 0 aromatic rings. The van der Waals surface area contributed by atoms with Crippen LogP contribution < -0.4 is 26.6 Å². The summed E-state index contributed by atoms with van der Waals surface area (Å²) in [5.41, 5.74) is 0. The van der Waals surface area contributed by atoms with Gasteiger partial charge in [-0.15, -0.1) is 0 Å². The number of quaternary nitrogens is 1. The van der Waals surface area contributed by atoms with Crippen LogP contribution in [0.3, 0.4) is 0 Å². The summed E-state index contributed by atoms with van der Waals surface area (Å²) in [6.07, 6.45) is -73.7. The highest BCUT2D eigenvalue weighted by Gasteiger charge is 2.61. The van der Waals surface area contributed by atoms with Gasteiger partial charge in [-0.3, -0.25) is 33.0 Å². The number of carbonyl (C=O) groups excluding carboxylic acids is 5. The summed E-state index contributed by atoms with van der Waals surface area (Å²) < 4.78 is 115. The molecule has 0 bridgehead atoms. The van der Waals surface area contributed by atoms with Crippen LogP contribution in [0.4, 0.5) is 0 Å². The first kappa shape index (κ1) is 95.5. The van der Waals surface area contributed by atoms with Crippen LogP contribution in [0.25, 0.3) is 0 Å². The van der Waals surface area contributed by atoms with Gasteiger partial charge in [0.05, 0.1) is 74.0 Å². The average Bonchev–Trinajstić information content (AvgIpc) is 0.766. The third kappa shape index (κ3) is 23.2. The number of carbonyl (C=O) groups is 5. The number of aliphatic hydroxyl groups excluding tert-OH is 20. The van der Waals surface area contributed by atoms with E-state index in [1.165, 1.54) is 0 Å². The van der Waals surface area contributed by atoms with Gasteiger partial charge in [0.25, 0.3) is 0 Å². The Morgan fingerprint density at radius 2 is 0.623 bits per heavy atom. The van der Waals surface area contributed by atoms with Crippen LogP contribution in [-0.2, 0) is 109 Å². The number of phosphoric acid groups is 1. The molecule has 0 saturated carbocycles. The second-order valence-electron chi connectivity index (χ2n) is 29.5. The molecule has 8 heterocycles. The van der Waals surface area contributed by atoms with Crippen molar-refractivity contribution in [1.82, 2.24) is 26.6 Å². The van der Waals surface area contributed by atoms with Crippen molar-refractivity contribution in [3.8, 4) is 0 Å². The summed E-state index contributed by atoms with van der Waals surface area (Å²) in [5.74, 6) is -4.43. The molecule has 0 aromatic carbocycles. The summed E-state index contributed by atoms with van der Waals surface area (Å²) in [4.78, 5) is 74.4. The molecule has 8 aliphatic rings. The maximum Gasteiger partial charge on any atom is 0.472 e. The molecule has 1 unspecified atom stereocenters. The zero-order valence-corrected chi connectivity index (χ0v) is 63.7. The zero-order valence-electron chi connectivity index (χ0n) is 62.8. The number of amides is 5. The number of hydrogen-bond donors (Lipinski definition) is 26. The molecule has 8 rings (SSSR count). The van der Waals surface area contributed by atoms with Crippen molar-refractivity contribution < 1.29 is 220 Å². The molecule has 8 aliphatic heterocycles. The zero-order chi connectivity index (χ0) is 84.6. The minimum absolute atomic E-state index is 0.121. The van der Waals surface area contributed by atoms with E-state index in [4.69, 9.17) is 80.1 Å². The molecule has 0 aliphatic carbocycles. The fraction of sp³-hybridized carbons (Fsp3) is 0.921. The highest BCUT2D eigenvalue weighted by atomic mass is 31.2. The first-order valence-electron chi connectivity index (χ1n) is 36.3. The van der Waals surface area contributed by atoms with Gasteiger partial charge in [0.1, 0.15) is 208 Å². The maximum atomic E-state index is 13.6. The van der Waals surface area contributed by atoms with Gasteiger partial charge in [-0.25, -0.2) is 4.57 Å². The van der Waals surface area contributed by atoms with Gasteiger partial charge in [0, 0.05) is 34.6 Å². The predicted octanol–water partition coefficient (Wildman–Crippen LogP) is -16.9. The van der Waals surface area contributed by atoms with E-state index in [2.05, 4.69) is 26.6 Å². The van der Waals surface area contributed by atoms with Crippen LogP contribution in [0.5, 0.6) is 0 Å². The van der Waals surface area contributed by atoms with Gasteiger partial charge in [-0.1, -0.05) is 0 Å². The van der Waals surface area contributed by atoms with E-state index in [1.807, 2.05) is 0 Å². The van der Waals surface area contributed by atoms with E-state index in [0.29, 0.717) is 0 Å². The number of ether oxygens (including phenoxy) is 15. The number of aliphatic hydroxyl groups is 20. The topological polar surface area (TPSA) is 744 Å². The van der Waals surface area contributed by atoms with Crippen LogP contribution in [0.2, 0.25) is 0 Å². The monoisotopic (exact) mass is 1690 g/mol. The van der Waals surface area contributed by atoms with Crippen molar-refractivity contribution in [3.63, 3.8) is 0 Å². The SMILES string of the molecule is CC(=O)N[C@@H]1[C@@H](O)[C@H](O[C@@H]2O[C@H](CO)[C@@H](O[C@@H]3O[C@H](CO[C@H]4O[C@H](CO)[C@@H](O)[C@H](O)[C@@H]4O[C@@H]4O[C@H](CO)[C@@H](O)[C@H](O)[C@H]4NC(C)=O)[C@@H](O)[C@H](O[C@H]4O[C@H](CO)[C@@H](O)[C@H](O)[C@@H]4O[C@@H]4O[C@H](COP(=O)(O)OCC[N+](C)(C)C)[C@@H](O[C@@H]5O[C@H](CO)[C@H](O)[C@H](O)[C@H]5NC(C)=O)[C@H](O)[C@H]4NC(C)=O)[C@@H]3O)[C@H](O)[C@H]2NC(C)=O)[C@@H](CO)O[C@H]1O. The van der Waals surface area contributed by atoms with E-state index in [-0.39, 0.29) is 11.0 Å². The molecule has 41 atom stereocenters. The fourth-order valence-electron chi connectivity index (χ4n) is 14.0. The highest BCUT2D eigenvalue weighted by Crippen LogP contribution is 2.45. The van der Waals surface area contributed by atoms with Crippen LogP contribution in [0, 0.1) is 0 Å². The standard InChI is InChI=1S/C63H109N6O44P/c1-19(76)64-32-44(88)50(28(15-74)100-56(32)94)108-59-35(67-22(4)79)45(89)51(29(16-75)105-59)110-61-49(93)53(41(85)30(106-61)17-97-62-54(47(91)39(83)26(13-72)103-62)112-58-34(66-21(3)78)43(87)38(82)25(12-71)102-58)111-63-55(48(92)40(84)27(14-73)104-63)113-60-36(68-23(5)80)46(90)52(31(107-60)18-99-114(95,96)98-10-9-69(6,7)8)109-57-33(65-20(2)77)42(86)37(81)24(11-70)101-57/h24-63,70-75,81-94H,9-18H2,1-8H3,(H5-,64,65,66,67,68,76,77,78,79,80,95,96)/p+1/t24-,25-,26-,27-,28-,29-,30-,31-,32-,33-,34-,35-,36-,37+,38-,39-,40-,41-,42-,43-,44-,45-,46-,47+,48+,49+,50-,51-,52-,53+,54+,55+,56-,57+,58+,59+,60+,61+,62+,63-/m1/s1. The molecule has 5 amide bonds. The minimum Gasteiger partial charge on any atom is -0.394 e. The number of rotatable bonds is 33. The summed E-state index contributed by atoms with van der Waals surface area (Å²) in [6.45, 7) is -4.26. The largest absolute Gasteiger partial charge is 0.472 e. The number of phosphoric ester groups is 1. The molecule has 50 nitrogen and oxygen atoms in total. The quantitative estimate of drug-likeness (QED) is 0.0214. The van der Waals surface area contributed by atoms with E-state index < -0.39 is 342 Å². The third-order valence-electron chi connectivity index (χ3n) is 19.9. The lowest BCUT2D eigenvalue weighted by Crippen LogP contribution is -2.71. The van der Waals surface area contributed by atoms with Crippen molar-refractivity contribution in [2.75, 3.05) is 87.1 Å². The van der Waals surface area contributed by atoms with Gasteiger partial charge in [0.2, 0.25) is 29.5 Å². The van der Waals surface area contributed by atoms with Gasteiger partial charge in [-0.2, -0.15) is 0 Å². The number of likely N-dealkylation sites (N-methyl/N-ethyl adjacent to an activating group) is 1. The Morgan fingerprint density at radius 1 is 0.316 bits per heavy atom. The second kappa shape index (κ2) is 41.5. The van der Waals surface area contributed by atoms with Crippen LogP contribution in [-0.4, -0.2) is 474 Å². The lowest BCUT2D eigenvalue weighted by atomic mass is 9.93. The van der Waals surface area contributed by atoms with Gasteiger partial charge in [0.15, 0.2) is 50.3 Å². The van der Waals surface area contributed by atoms with Crippen molar-refractivity contribution in [1.29, 1.82) is 0 Å². The molecule has 0 radical (unpaired) electrons. The van der Waals surface area contributed by atoms with Gasteiger partial charge < -0.3 is 209 Å². The summed E-state index contributed by atoms with van der Waals surface area (Å²) in [5, 5.41) is 237. The molecule has 114 heavy (non-hydrogen) atoms. The molecule has 0 aromatic heterocycles. The number of nitrogens with one attached hydrogen (secondary N) is 5. The Morgan fingerprint density at radius 3 is 1.04 bits per heavy atom. The maximum absolute atomic E-state index is 13.6. The normalized spacial score (nSPS) is 44.9. The summed E-state index contributed by atoms with van der Waals surface area (Å²) >= 11 is 0. The van der Waals surface area contributed by atoms with Gasteiger partial charge >= 0.3 is 7.82 Å². The summed E-state index contributed by atoms with van der Waals surface area (Å²) in [6, 6.07) is -9.13. The smallest absolute Gasteiger partial charge is 0.394 e. The molecule has 8 saturated heterocycles. The Bertz CT molecular complexity index is 3130. The lowest BCUT2D eigenvalue weighted by molar-refractivity contribution is -0.870. The minimum atomic E-state index is -5.20. The van der Waals surface area contributed by atoms with Crippen LogP contribution in [0.1, 0.15) is 34.6 Å². The Hall–Kier alpha value is -3.98. The van der Waals surface area contributed by atoms with Crippen LogP contribution >= 0.6 is 7.82 Å². The average molecular weight is 1690 g/mol. The predicted molar refractivity (Wildman–Crippen MR) is 360 cm³/mol. The molecule has 51 heteroatoms. The second-order valence-corrected chi connectivity index (χ2v) is 31.0. The van der Waals surface area contributed by atoms with Crippen LogP contribution in [0.15, 0.2) is 0 Å². The summed E-state index contributed by atoms with van der Waals surface area (Å²) in [7, 11) is -0.0346. The van der Waals surface area contributed by atoms with Crippen molar-refractivity contribution in [2.24, 2.45) is 0 Å². The highest BCUT2D eigenvalue weighted by molar-refractivity contribution is 7.47. The first-order chi connectivity index (χ1) is 53.5. The molecule has 8 fully saturated rings. The lowest BCUT2D eigenvalue weighted by Gasteiger charge is -2.51. The number of nitrogens with zero attached hydrogens (tertiary/aromatic N) is 1. The van der Waals surface area contributed by atoms with Crippen molar-refractivity contribution >= 4 is 37.4 Å². The Balaban J connectivity index is 1.18. The Labute approximate surface area is 649 Å². The van der Waals surface area contributed by atoms with E-state index in [9.17, 15) is 136 Å². The van der Waals surface area contributed by atoms with E-state index >= 15 is 0 Å². The Kier molecular flexibility index (Phi) is 34.8. The molecule has 660 valence electrons. The third-order valence-corrected chi connectivity index (χ3v) is 20.9.